The lowest BCUT2D eigenvalue weighted by molar-refractivity contribution is 0.961. The smallest absolute Gasteiger partial charge is 0.187 e. The molecule has 2 heteroatoms. The molecule has 18 heavy (non-hydrogen) atoms. The van der Waals surface area contributed by atoms with Crippen LogP contribution in [0.2, 0.25) is 0 Å². The van der Waals surface area contributed by atoms with Gasteiger partial charge in [-0.05, 0) is 12.8 Å². The summed E-state index contributed by atoms with van der Waals surface area (Å²) < 4.78 is 0. The van der Waals surface area contributed by atoms with Crippen LogP contribution in [0.25, 0.3) is 9.69 Å². The van der Waals surface area contributed by atoms with Crippen LogP contribution in [0.3, 0.4) is 0 Å². The van der Waals surface area contributed by atoms with Gasteiger partial charge in [-0.1, -0.05) is 59.7 Å². The minimum Gasteiger partial charge on any atom is -0.238 e. The molecular formula is C16H12N2. The predicted octanol–water partition coefficient (Wildman–Crippen LogP) is 4.57. The Morgan fingerprint density at radius 2 is 0.944 bits per heavy atom. The summed E-state index contributed by atoms with van der Waals surface area (Å²) in [4.78, 5) is 6.74. The summed E-state index contributed by atoms with van der Waals surface area (Å²) in [6, 6.07) is 15.4. The molecule has 0 amide bonds. The molecule has 0 radical (unpaired) electrons. The first-order chi connectivity index (χ1) is 8.81. The van der Waals surface area contributed by atoms with Crippen molar-refractivity contribution in [3.05, 3.63) is 82.5 Å². The van der Waals surface area contributed by atoms with E-state index in [1.807, 2.05) is 48.5 Å². The summed E-state index contributed by atoms with van der Waals surface area (Å²) >= 11 is 0. The molecule has 2 nitrogen and oxygen atoms in total. The zero-order valence-corrected chi connectivity index (χ0v) is 9.93. The van der Waals surface area contributed by atoms with Gasteiger partial charge in [0.1, 0.15) is 0 Å². The van der Waals surface area contributed by atoms with Gasteiger partial charge in [-0.15, -0.1) is 0 Å². The Balaban J connectivity index is 1.98. The van der Waals surface area contributed by atoms with Gasteiger partial charge in [-0.25, -0.2) is 9.69 Å². The molecule has 86 valence electrons. The SMILES string of the molecule is [C-]#[N+]c1ccc(CCc2ccc([N+]#[C-])cc2)cc1. The lowest BCUT2D eigenvalue weighted by Crippen LogP contribution is -1.90. The van der Waals surface area contributed by atoms with Gasteiger partial charge in [-0.3, -0.25) is 0 Å². The summed E-state index contributed by atoms with van der Waals surface area (Å²) in [5, 5.41) is 0. The normalized spacial score (nSPS) is 9.44. The molecule has 0 aromatic heterocycles. The van der Waals surface area contributed by atoms with Crippen molar-refractivity contribution in [2.24, 2.45) is 0 Å². The second-order valence-corrected chi connectivity index (χ2v) is 4.06. The van der Waals surface area contributed by atoms with E-state index in [-0.39, 0.29) is 0 Å². The van der Waals surface area contributed by atoms with Gasteiger partial charge >= 0.3 is 0 Å². The van der Waals surface area contributed by atoms with Gasteiger partial charge in [0.2, 0.25) is 0 Å². The molecule has 0 aliphatic rings. The second-order valence-electron chi connectivity index (χ2n) is 4.06. The van der Waals surface area contributed by atoms with Crippen LogP contribution in [0.5, 0.6) is 0 Å². The van der Waals surface area contributed by atoms with Crippen molar-refractivity contribution in [1.82, 2.24) is 0 Å². The summed E-state index contributed by atoms with van der Waals surface area (Å²) in [6.45, 7) is 13.8. The first-order valence-electron chi connectivity index (χ1n) is 5.74. The highest BCUT2D eigenvalue weighted by molar-refractivity contribution is 5.46. The maximum absolute atomic E-state index is 6.89. The Morgan fingerprint density at radius 3 is 1.22 bits per heavy atom. The zero-order chi connectivity index (χ0) is 12.8. The number of benzene rings is 2. The van der Waals surface area contributed by atoms with Crippen LogP contribution in [0, 0.1) is 13.1 Å². The third-order valence-corrected chi connectivity index (χ3v) is 2.83. The number of aryl methyl sites for hydroxylation is 2. The molecule has 0 heterocycles. The summed E-state index contributed by atoms with van der Waals surface area (Å²) in [6.07, 6.45) is 1.91. The molecule has 2 aromatic rings. The van der Waals surface area contributed by atoms with Gasteiger partial charge < -0.3 is 0 Å². The van der Waals surface area contributed by atoms with Crippen LogP contribution in [0.4, 0.5) is 11.4 Å². The molecule has 0 aliphatic heterocycles. The van der Waals surface area contributed by atoms with Gasteiger partial charge in [0.15, 0.2) is 11.4 Å². The molecule has 0 N–H and O–H groups in total. The van der Waals surface area contributed by atoms with Crippen molar-refractivity contribution in [1.29, 1.82) is 0 Å². The monoisotopic (exact) mass is 232 g/mol. The van der Waals surface area contributed by atoms with Crippen molar-refractivity contribution < 1.29 is 0 Å². The van der Waals surface area contributed by atoms with Crippen LogP contribution in [-0.4, -0.2) is 0 Å². The van der Waals surface area contributed by atoms with Crippen molar-refractivity contribution >= 4 is 11.4 Å². The van der Waals surface area contributed by atoms with E-state index in [9.17, 15) is 0 Å². The average Bonchev–Trinajstić information content (AvgIpc) is 2.46. The minimum atomic E-state index is 0.681. The lowest BCUT2D eigenvalue weighted by atomic mass is 10.0. The maximum Gasteiger partial charge on any atom is 0.187 e. The molecule has 0 atom stereocenters. The van der Waals surface area contributed by atoms with E-state index in [0.29, 0.717) is 11.4 Å². The highest BCUT2D eigenvalue weighted by Gasteiger charge is 1.97. The van der Waals surface area contributed by atoms with Crippen LogP contribution < -0.4 is 0 Å². The van der Waals surface area contributed by atoms with E-state index in [4.69, 9.17) is 13.1 Å². The first-order valence-corrected chi connectivity index (χ1v) is 5.74. The average molecular weight is 232 g/mol. The zero-order valence-electron chi connectivity index (χ0n) is 9.93. The molecule has 0 saturated carbocycles. The van der Waals surface area contributed by atoms with E-state index >= 15 is 0 Å². The van der Waals surface area contributed by atoms with E-state index < -0.39 is 0 Å². The lowest BCUT2D eigenvalue weighted by Gasteiger charge is -2.02. The number of rotatable bonds is 3. The standard InChI is InChI=1S/C16H12N2/c1-17-15-9-5-13(6-10-15)3-4-14-7-11-16(18-2)12-8-14/h5-12H,3-4H2. The quantitative estimate of drug-likeness (QED) is 0.685. The Morgan fingerprint density at radius 1 is 0.611 bits per heavy atom. The molecule has 0 saturated heterocycles. The topological polar surface area (TPSA) is 8.72 Å². The maximum atomic E-state index is 6.89. The molecule has 2 rings (SSSR count). The third kappa shape index (κ3) is 2.97. The van der Waals surface area contributed by atoms with Crippen molar-refractivity contribution in [3.63, 3.8) is 0 Å². The van der Waals surface area contributed by atoms with Gasteiger partial charge in [0.05, 0.1) is 13.1 Å². The Labute approximate surface area is 107 Å². The predicted molar refractivity (Wildman–Crippen MR) is 72.8 cm³/mol. The van der Waals surface area contributed by atoms with Gasteiger partial charge in [0, 0.05) is 0 Å². The first kappa shape index (κ1) is 11.9. The largest absolute Gasteiger partial charge is 0.238 e. The highest BCUT2D eigenvalue weighted by atomic mass is 14.6. The fourth-order valence-corrected chi connectivity index (χ4v) is 1.76. The van der Waals surface area contributed by atoms with Gasteiger partial charge in [0.25, 0.3) is 0 Å². The van der Waals surface area contributed by atoms with Crippen LogP contribution >= 0.6 is 0 Å². The summed E-state index contributed by atoms with van der Waals surface area (Å²) in [5.41, 5.74) is 3.83. The van der Waals surface area contributed by atoms with E-state index in [1.54, 1.807) is 0 Å². The molecule has 0 bridgehead atoms. The van der Waals surface area contributed by atoms with Crippen LogP contribution in [0.15, 0.2) is 48.5 Å². The number of hydrogen-bond donors (Lipinski definition) is 0. The number of hydrogen-bond acceptors (Lipinski definition) is 0. The Bertz CT molecular complexity index is 538. The molecule has 0 spiro atoms. The molecule has 2 aromatic carbocycles. The fraction of sp³-hybridized carbons (Fsp3) is 0.125. The van der Waals surface area contributed by atoms with E-state index in [0.717, 1.165) is 12.8 Å². The third-order valence-electron chi connectivity index (χ3n) is 2.83. The Hall–Kier alpha value is -2.58. The second kappa shape index (κ2) is 5.66. The summed E-state index contributed by atoms with van der Waals surface area (Å²) in [7, 11) is 0. The minimum absolute atomic E-state index is 0.681. The number of nitrogens with zero attached hydrogens (tertiary/aromatic N) is 2. The van der Waals surface area contributed by atoms with E-state index in [2.05, 4.69) is 9.69 Å². The highest BCUT2D eigenvalue weighted by Crippen LogP contribution is 2.16. The fourth-order valence-electron chi connectivity index (χ4n) is 1.76. The molecule has 0 fully saturated rings. The van der Waals surface area contributed by atoms with Crippen LogP contribution in [-0.2, 0) is 12.8 Å². The molecular weight excluding hydrogens is 220 g/mol. The van der Waals surface area contributed by atoms with E-state index in [1.165, 1.54) is 11.1 Å². The Kier molecular flexibility index (Phi) is 3.74. The van der Waals surface area contributed by atoms with Gasteiger partial charge in [-0.2, -0.15) is 0 Å². The molecule has 0 aliphatic carbocycles. The summed E-state index contributed by atoms with van der Waals surface area (Å²) in [5.74, 6) is 0. The van der Waals surface area contributed by atoms with Crippen molar-refractivity contribution in [2.75, 3.05) is 0 Å². The van der Waals surface area contributed by atoms with Crippen molar-refractivity contribution in [2.45, 2.75) is 12.8 Å². The van der Waals surface area contributed by atoms with Crippen LogP contribution in [0.1, 0.15) is 11.1 Å². The van der Waals surface area contributed by atoms with Crippen molar-refractivity contribution in [3.8, 4) is 0 Å². The molecule has 0 unspecified atom stereocenters.